The highest BCUT2D eigenvalue weighted by molar-refractivity contribution is 7.17. The van der Waals surface area contributed by atoms with Gasteiger partial charge in [-0.1, -0.05) is 0 Å². The molecule has 0 bridgehead atoms. The fourth-order valence-corrected chi connectivity index (χ4v) is 2.77. The molecule has 0 aliphatic carbocycles. The molecule has 112 valence electrons. The quantitative estimate of drug-likeness (QED) is 0.735. The molecule has 0 aliphatic heterocycles. The molecule has 0 saturated heterocycles. The van der Waals surface area contributed by atoms with Gasteiger partial charge in [0.05, 0.1) is 17.4 Å². The van der Waals surface area contributed by atoms with Gasteiger partial charge in [-0.2, -0.15) is 0 Å². The lowest BCUT2D eigenvalue weighted by atomic mass is 10.3. The standard InChI is InChI=1S/C14H12N4O3S/c19-11-2-1-9(7-16-11)13(20)15-4-5-18-8-17-10-3-6-22-12(10)14(18)21/h1-3,6-8H,4-5H2,(H,15,20)(H,16,19). The highest BCUT2D eigenvalue weighted by Crippen LogP contribution is 2.12. The van der Waals surface area contributed by atoms with E-state index in [0.717, 1.165) is 0 Å². The van der Waals surface area contributed by atoms with E-state index in [2.05, 4.69) is 15.3 Å². The fourth-order valence-electron chi connectivity index (χ4n) is 1.98. The molecule has 8 heteroatoms. The van der Waals surface area contributed by atoms with E-state index in [1.54, 1.807) is 6.07 Å². The summed E-state index contributed by atoms with van der Waals surface area (Å²) in [6.07, 6.45) is 2.83. The highest BCUT2D eigenvalue weighted by Gasteiger charge is 2.07. The number of hydrogen-bond donors (Lipinski definition) is 2. The number of thiophene rings is 1. The molecule has 0 aliphatic rings. The van der Waals surface area contributed by atoms with Crippen molar-refractivity contribution < 1.29 is 4.79 Å². The molecule has 0 unspecified atom stereocenters. The highest BCUT2D eigenvalue weighted by atomic mass is 32.1. The first-order chi connectivity index (χ1) is 10.6. The molecule has 3 aromatic rings. The Morgan fingerprint density at radius 3 is 2.95 bits per heavy atom. The maximum absolute atomic E-state index is 12.2. The minimum atomic E-state index is -0.311. The molecule has 0 saturated carbocycles. The Hall–Kier alpha value is -2.74. The summed E-state index contributed by atoms with van der Waals surface area (Å²) in [6.45, 7) is 0.616. The number of carbonyl (C=O) groups excluding carboxylic acids is 1. The molecule has 0 spiro atoms. The van der Waals surface area contributed by atoms with Crippen LogP contribution >= 0.6 is 11.3 Å². The Balaban J connectivity index is 1.65. The summed E-state index contributed by atoms with van der Waals surface area (Å²) in [5.41, 5.74) is 0.666. The molecule has 0 radical (unpaired) electrons. The molecule has 0 aromatic carbocycles. The van der Waals surface area contributed by atoms with E-state index in [0.29, 0.717) is 22.3 Å². The van der Waals surface area contributed by atoms with Crippen molar-refractivity contribution in [2.24, 2.45) is 0 Å². The van der Waals surface area contributed by atoms with Gasteiger partial charge in [-0.15, -0.1) is 11.3 Å². The van der Waals surface area contributed by atoms with Crippen molar-refractivity contribution in [2.45, 2.75) is 6.54 Å². The van der Waals surface area contributed by atoms with Crippen LogP contribution in [-0.2, 0) is 6.54 Å². The zero-order chi connectivity index (χ0) is 15.5. The number of aromatic nitrogens is 3. The lowest BCUT2D eigenvalue weighted by molar-refractivity contribution is 0.0952. The average Bonchev–Trinajstić information content (AvgIpc) is 2.99. The van der Waals surface area contributed by atoms with Crippen molar-refractivity contribution in [3.63, 3.8) is 0 Å². The van der Waals surface area contributed by atoms with Crippen LogP contribution in [0.15, 0.2) is 45.7 Å². The zero-order valence-electron chi connectivity index (χ0n) is 11.4. The molecular weight excluding hydrogens is 304 g/mol. The first kappa shape index (κ1) is 14.2. The minimum absolute atomic E-state index is 0.113. The average molecular weight is 316 g/mol. The van der Waals surface area contributed by atoms with Crippen LogP contribution in [0.1, 0.15) is 10.4 Å². The summed E-state index contributed by atoms with van der Waals surface area (Å²) in [5.74, 6) is -0.311. The van der Waals surface area contributed by atoms with Crippen molar-refractivity contribution in [3.8, 4) is 0 Å². The molecule has 1 amide bonds. The number of nitrogens with one attached hydrogen (secondary N) is 2. The third-order valence-electron chi connectivity index (χ3n) is 3.12. The summed E-state index contributed by atoms with van der Waals surface area (Å²) in [5, 5.41) is 4.51. The molecular formula is C14H12N4O3S. The van der Waals surface area contributed by atoms with E-state index in [1.165, 1.54) is 40.6 Å². The van der Waals surface area contributed by atoms with E-state index < -0.39 is 0 Å². The zero-order valence-corrected chi connectivity index (χ0v) is 12.2. The Morgan fingerprint density at radius 1 is 1.32 bits per heavy atom. The number of aromatic amines is 1. The van der Waals surface area contributed by atoms with Gasteiger partial charge in [-0.25, -0.2) is 4.98 Å². The molecule has 3 rings (SSSR count). The van der Waals surface area contributed by atoms with Gasteiger partial charge in [0.15, 0.2) is 0 Å². The van der Waals surface area contributed by atoms with Gasteiger partial charge >= 0.3 is 0 Å². The molecule has 22 heavy (non-hydrogen) atoms. The van der Waals surface area contributed by atoms with Crippen LogP contribution in [0, 0.1) is 0 Å². The third kappa shape index (κ3) is 2.82. The normalized spacial score (nSPS) is 10.7. The Morgan fingerprint density at radius 2 is 2.18 bits per heavy atom. The maximum Gasteiger partial charge on any atom is 0.271 e. The van der Waals surface area contributed by atoms with Crippen LogP contribution < -0.4 is 16.4 Å². The number of amides is 1. The monoisotopic (exact) mass is 316 g/mol. The smallest absolute Gasteiger partial charge is 0.271 e. The molecule has 0 fully saturated rings. The second-order valence-corrected chi connectivity index (χ2v) is 5.49. The van der Waals surface area contributed by atoms with E-state index in [4.69, 9.17) is 0 Å². The number of pyridine rings is 1. The first-order valence-corrected chi connectivity index (χ1v) is 7.43. The van der Waals surface area contributed by atoms with Crippen molar-refractivity contribution in [3.05, 3.63) is 62.4 Å². The van der Waals surface area contributed by atoms with Crippen molar-refractivity contribution in [2.75, 3.05) is 6.54 Å². The summed E-state index contributed by atoms with van der Waals surface area (Å²) in [7, 11) is 0. The summed E-state index contributed by atoms with van der Waals surface area (Å²) in [4.78, 5) is 41.6. The Bertz CT molecular complexity index is 920. The van der Waals surface area contributed by atoms with Gasteiger partial charge in [0.2, 0.25) is 5.56 Å². The van der Waals surface area contributed by atoms with Gasteiger partial charge < -0.3 is 10.3 Å². The predicted molar refractivity (Wildman–Crippen MR) is 83.3 cm³/mol. The summed E-state index contributed by atoms with van der Waals surface area (Å²) >= 11 is 1.35. The number of rotatable bonds is 4. The van der Waals surface area contributed by atoms with E-state index in [9.17, 15) is 14.4 Å². The van der Waals surface area contributed by atoms with E-state index in [1.807, 2.05) is 5.38 Å². The van der Waals surface area contributed by atoms with Crippen LogP contribution in [0.4, 0.5) is 0 Å². The number of H-pyrrole nitrogens is 1. The van der Waals surface area contributed by atoms with Gasteiger partial charge in [0.25, 0.3) is 11.5 Å². The van der Waals surface area contributed by atoms with Crippen molar-refractivity contribution >= 4 is 27.5 Å². The SMILES string of the molecule is O=C(NCCn1cnc2ccsc2c1=O)c1ccc(=O)[nH]c1. The molecule has 3 aromatic heterocycles. The van der Waals surface area contributed by atoms with Gasteiger partial charge in [-0.05, 0) is 17.5 Å². The number of hydrogen-bond acceptors (Lipinski definition) is 5. The van der Waals surface area contributed by atoms with Crippen molar-refractivity contribution in [1.29, 1.82) is 0 Å². The topological polar surface area (TPSA) is 96.8 Å². The largest absolute Gasteiger partial charge is 0.350 e. The number of fused-ring (bicyclic) bond motifs is 1. The second kappa shape index (κ2) is 5.94. The lowest BCUT2D eigenvalue weighted by Crippen LogP contribution is -2.31. The maximum atomic E-state index is 12.2. The van der Waals surface area contributed by atoms with Crippen molar-refractivity contribution in [1.82, 2.24) is 19.9 Å². The molecule has 3 heterocycles. The molecule has 7 nitrogen and oxygen atoms in total. The van der Waals surface area contributed by atoms with E-state index in [-0.39, 0.29) is 23.6 Å². The second-order valence-electron chi connectivity index (χ2n) is 4.58. The van der Waals surface area contributed by atoms with E-state index >= 15 is 0 Å². The van der Waals surface area contributed by atoms with Crippen LogP contribution in [0.25, 0.3) is 10.2 Å². The number of carbonyl (C=O) groups is 1. The molecule has 2 N–H and O–H groups in total. The Kier molecular flexibility index (Phi) is 3.84. The van der Waals surface area contributed by atoms with Crippen LogP contribution in [-0.4, -0.2) is 27.0 Å². The van der Waals surface area contributed by atoms with Gasteiger partial charge in [-0.3, -0.25) is 19.0 Å². The summed E-state index contributed by atoms with van der Waals surface area (Å²) in [6, 6.07) is 4.53. The summed E-state index contributed by atoms with van der Waals surface area (Å²) < 4.78 is 2.07. The number of nitrogens with zero attached hydrogens (tertiary/aromatic N) is 2. The van der Waals surface area contributed by atoms with Crippen LogP contribution in [0.3, 0.4) is 0 Å². The van der Waals surface area contributed by atoms with Crippen LogP contribution in [0.2, 0.25) is 0 Å². The lowest BCUT2D eigenvalue weighted by Gasteiger charge is -2.07. The predicted octanol–water partition coefficient (Wildman–Crippen LogP) is 0.576. The molecule has 0 atom stereocenters. The Labute approximate surface area is 128 Å². The first-order valence-electron chi connectivity index (χ1n) is 6.55. The third-order valence-corrected chi connectivity index (χ3v) is 4.01. The van der Waals surface area contributed by atoms with Gasteiger partial charge in [0, 0.05) is 25.4 Å². The van der Waals surface area contributed by atoms with Gasteiger partial charge in [0.1, 0.15) is 4.70 Å². The fraction of sp³-hybridized carbons (Fsp3) is 0.143. The minimum Gasteiger partial charge on any atom is -0.350 e. The van der Waals surface area contributed by atoms with Crippen LogP contribution in [0.5, 0.6) is 0 Å².